The number of rotatable bonds is 7. The maximum Gasteiger partial charge on any atom is 0.260 e. The molecule has 0 aliphatic heterocycles. The second-order valence-electron chi connectivity index (χ2n) is 6.03. The molecule has 0 atom stereocenters. The van der Waals surface area contributed by atoms with E-state index in [0.29, 0.717) is 12.3 Å². The van der Waals surface area contributed by atoms with Crippen LogP contribution in [-0.2, 0) is 11.3 Å². The number of primary amides is 1. The molecule has 0 aliphatic carbocycles. The Bertz CT molecular complexity index is 937. The average molecular weight is 364 g/mol. The fourth-order valence-corrected chi connectivity index (χ4v) is 2.57. The van der Waals surface area contributed by atoms with E-state index in [1.54, 1.807) is 47.1 Å². The Hall–Kier alpha value is -3.61. The summed E-state index contributed by atoms with van der Waals surface area (Å²) in [5, 5.41) is 4.32. The first-order chi connectivity index (χ1) is 13.0. The Labute approximate surface area is 157 Å². The first kappa shape index (κ1) is 18.2. The number of nitrogens with two attached hydrogens (primary N) is 1. The van der Waals surface area contributed by atoms with E-state index in [1.807, 2.05) is 36.5 Å². The van der Waals surface area contributed by atoms with Crippen molar-refractivity contribution < 1.29 is 14.3 Å². The van der Waals surface area contributed by atoms with Gasteiger partial charge in [-0.1, -0.05) is 30.3 Å². The zero-order valence-corrected chi connectivity index (χ0v) is 14.9. The molecule has 0 aliphatic rings. The van der Waals surface area contributed by atoms with E-state index in [1.165, 1.54) is 0 Å². The van der Waals surface area contributed by atoms with Crippen molar-refractivity contribution in [1.82, 2.24) is 14.7 Å². The van der Waals surface area contributed by atoms with Crippen molar-refractivity contribution in [2.24, 2.45) is 5.73 Å². The number of para-hydroxylation sites is 2. The molecule has 138 valence electrons. The zero-order chi connectivity index (χ0) is 19.2. The summed E-state index contributed by atoms with van der Waals surface area (Å²) in [5.74, 6) is -0.523. The van der Waals surface area contributed by atoms with E-state index >= 15 is 0 Å². The Balaban J connectivity index is 1.59. The van der Waals surface area contributed by atoms with Gasteiger partial charge in [-0.3, -0.25) is 9.59 Å². The van der Waals surface area contributed by atoms with Crippen LogP contribution < -0.4 is 10.5 Å². The van der Waals surface area contributed by atoms with Crippen LogP contribution in [0.3, 0.4) is 0 Å². The van der Waals surface area contributed by atoms with Crippen molar-refractivity contribution in [3.05, 3.63) is 78.1 Å². The average Bonchev–Trinajstić information content (AvgIpc) is 3.15. The highest BCUT2D eigenvalue weighted by molar-refractivity contribution is 5.95. The van der Waals surface area contributed by atoms with Gasteiger partial charge in [0.25, 0.3) is 11.8 Å². The molecule has 7 heteroatoms. The van der Waals surface area contributed by atoms with E-state index in [-0.39, 0.29) is 18.1 Å². The largest absolute Gasteiger partial charge is 0.483 e. The van der Waals surface area contributed by atoms with Gasteiger partial charge in [0.1, 0.15) is 5.75 Å². The zero-order valence-electron chi connectivity index (χ0n) is 14.9. The Morgan fingerprint density at radius 3 is 2.56 bits per heavy atom. The van der Waals surface area contributed by atoms with Gasteiger partial charge in [-0.05, 0) is 24.3 Å². The maximum absolute atomic E-state index is 12.3. The number of amides is 2. The molecule has 2 amide bonds. The molecule has 0 bridgehead atoms. The lowest BCUT2D eigenvalue weighted by Gasteiger charge is -2.17. The highest BCUT2D eigenvalue weighted by atomic mass is 16.5. The number of hydrogen-bond donors (Lipinski definition) is 1. The molecule has 7 nitrogen and oxygen atoms in total. The highest BCUT2D eigenvalue weighted by Gasteiger charge is 2.14. The second kappa shape index (κ2) is 8.18. The summed E-state index contributed by atoms with van der Waals surface area (Å²) in [6, 6.07) is 16.3. The number of hydrogen-bond acceptors (Lipinski definition) is 4. The van der Waals surface area contributed by atoms with Gasteiger partial charge in [0.05, 0.1) is 17.4 Å². The van der Waals surface area contributed by atoms with Crippen LogP contribution in [0.25, 0.3) is 5.69 Å². The summed E-state index contributed by atoms with van der Waals surface area (Å²) in [7, 11) is 1.69. The van der Waals surface area contributed by atoms with Crippen LogP contribution in [0.2, 0.25) is 0 Å². The van der Waals surface area contributed by atoms with Gasteiger partial charge in [-0.15, -0.1) is 0 Å². The lowest BCUT2D eigenvalue weighted by molar-refractivity contribution is -0.132. The van der Waals surface area contributed by atoms with Crippen molar-refractivity contribution in [2.75, 3.05) is 13.7 Å². The third kappa shape index (κ3) is 4.52. The van der Waals surface area contributed by atoms with E-state index in [4.69, 9.17) is 10.5 Å². The van der Waals surface area contributed by atoms with Crippen molar-refractivity contribution in [3.8, 4) is 11.4 Å². The molecule has 3 aromatic rings. The Morgan fingerprint density at radius 1 is 1.11 bits per heavy atom. The normalized spacial score (nSPS) is 10.4. The first-order valence-corrected chi connectivity index (χ1v) is 8.39. The van der Waals surface area contributed by atoms with Crippen LogP contribution in [0.4, 0.5) is 0 Å². The summed E-state index contributed by atoms with van der Waals surface area (Å²) in [4.78, 5) is 25.3. The number of ether oxygens (including phenoxy) is 1. The van der Waals surface area contributed by atoms with Gasteiger partial charge in [0, 0.05) is 25.4 Å². The predicted molar refractivity (Wildman–Crippen MR) is 100 cm³/mol. The molecule has 0 fully saturated rings. The molecule has 0 saturated heterocycles. The molecule has 27 heavy (non-hydrogen) atoms. The van der Waals surface area contributed by atoms with Crippen LogP contribution in [0.15, 0.2) is 67.0 Å². The minimum atomic E-state index is -0.597. The molecule has 2 N–H and O–H groups in total. The lowest BCUT2D eigenvalue weighted by Crippen LogP contribution is -2.31. The summed E-state index contributed by atoms with van der Waals surface area (Å²) < 4.78 is 7.24. The molecular weight excluding hydrogens is 344 g/mol. The van der Waals surface area contributed by atoms with Crippen LogP contribution in [0.1, 0.15) is 15.9 Å². The van der Waals surface area contributed by atoms with Crippen LogP contribution in [0.5, 0.6) is 5.75 Å². The van der Waals surface area contributed by atoms with Crippen LogP contribution >= 0.6 is 0 Å². The number of benzene rings is 2. The second-order valence-corrected chi connectivity index (χ2v) is 6.03. The van der Waals surface area contributed by atoms with Gasteiger partial charge < -0.3 is 15.4 Å². The molecule has 1 aromatic heterocycles. The molecule has 0 saturated carbocycles. The highest BCUT2D eigenvalue weighted by Crippen LogP contribution is 2.17. The number of nitrogens with zero attached hydrogens (tertiary/aromatic N) is 3. The Morgan fingerprint density at radius 2 is 1.81 bits per heavy atom. The van der Waals surface area contributed by atoms with Gasteiger partial charge in [0.15, 0.2) is 6.61 Å². The molecule has 2 aromatic carbocycles. The van der Waals surface area contributed by atoms with E-state index in [0.717, 1.165) is 11.3 Å². The topological polar surface area (TPSA) is 90.4 Å². The summed E-state index contributed by atoms with van der Waals surface area (Å²) in [6.45, 7) is 0.208. The fourth-order valence-electron chi connectivity index (χ4n) is 2.57. The third-order valence-corrected chi connectivity index (χ3v) is 4.01. The standard InChI is InChI=1S/C20H20N4O3/c1-23(12-15-11-22-24(13-15)16-7-3-2-4-8-16)19(25)14-27-18-10-6-5-9-17(18)20(21)26/h2-11,13H,12,14H2,1H3,(H2,21,26). The fraction of sp³-hybridized carbons (Fsp3) is 0.150. The minimum absolute atomic E-state index is 0.187. The van der Waals surface area contributed by atoms with Gasteiger partial charge in [0.2, 0.25) is 0 Å². The van der Waals surface area contributed by atoms with E-state index in [9.17, 15) is 9.59 Å². The number of aromatic nitrogens is 2. The van der Waals surface area contributed by atoms with Gasteiger partial charge in [-0.25, -0.2) is 4.68 Å². The number of carbonyl (C=O) groups excluding carboxylic acids is 2. The summed E-state index contributed by atoms with van der Waals surface area (Å²) in [5.41, 5.74) is 7.40. The van der Waals surface area contributed by atoms with Gasteiger partial charge in [-0.2, -0.15) is 5.10 Å². The lowest BCUT2D eigenvalue weighted by atomic mass is 10.2. The van der Waals surface area contributed by atoms with Crippen LogP contribution in [0, 0.1) is 0 Å². The van der Waals surface area contributed by atoms with Crippen molar-refractivity contribution in [3.63, 3.8) is 0 Å². The number of likely N-dealkylation sites (N-methyl/N-ethyl adjacent to an activating group) is 1. The van der Waals surface area contributed by atoms with Gasteiger partial charge >= 0.3 is 0 Å². The molecule has 0 radical (unpaired) electrons. The van der Waals surface area contributed by atoms with E-state index < -0.39 is 5.91 Å². The SMILES string of the molecule is CN(Cc1cnn(-c2ccccc2)c1)C(=O)COc1ccccc1C(N)=O. The minimum Gasteiger partial charge on any atom is -0.483 e. The third-order valence-electron chi connectivity index (χ3n) is 4.01. The van der Waals surface area contributed by atoms with Crippen molar-refractivity contribution in [1.29, 1.82) is 0 Å². The smallest absolute Gasteiger partial charge is 0.260 e. The predicted octanol–water partition coefficient (Wildman–Crippen LogP) is 2.01. The molecule has 1 heterocycles. The van der Waals surface area contributed by atoms with E-state index in [2.05, 4.69) is 5.10 Å². The Kier molecular flexibility index (Phi) is 5.51. The molecular formula is C20H20N4O3. The van der Waals surface area contributed by atoms with Crippen molar-refractivity contribution in [2.45, 2.75) is 6.54 Å². The maximum atomic E-state index is 12.3. The molecule has 3 rings (SSSR count). The van der Waals surface area contributed by atoms with Crippen LogP contribution in [-0.4, -0.2) is 40.1 Å². The summed E-state index contributed by atoms with van der Waals surface area (Å²) >= 11 is 0. The quantitative estimate of drug-likeness (QED) is 0.694. The first-order valence-electron chi connectivity index (χ1n) is 8.39. The molecule has 0 spiro atoms. The number of carbonyl (C=O) groups is 2. The van der Waals surface area contributed by atoms with Crippen molar-refractivity contribution >= 4 is 11.8 Å². The summed E-state index contributed by atoms with van der Waals surface area (Å²) in [6.07, 6.45) is 3.60. The monoisotopic (exact) mass is 364 g/mol. The molecule has 0 unspecified atom stereocenters.